The number of nitrogens with zero attached hydrogens (tertiary/aromatic N) is 1. The molecule has 0 spiro atoms. The minimum atomic E-state index is 0.805. The standard InChI is InChI=1S/C16H19ClN2/c1-10-7-11(17)8-13-14(9-18-2)12-5-3-4-6-15(12)19-16(10)13/h7-8,18H,3-6,9H2,1-2H3. The van der Waals surface area contributed by atoms with Crippen molar-refractivity contribution in [3.63, 3.8) is 0 Å². The first-order valence-corrected chi connectivity index (χ1v) is 7.33. The van der Waals surface area contributed by atoms with Gasteiger partial charge in [0.2, 0.25) is 0 Å². The van der Waals surface area contributed by atoms with Crippen LogP contribution in [0.3, 0.4) is 0 Å². The summed E-state index contributed by atoms with van der Waals surface area (Å²) in [6.45, 7) is 2.99. The van der Waals surface area contributed by atoms with Crippen LogP contribution < -0.4 is 5.32 Å². The molecule has 0 fully saturated rings. The SMILES string of the molecule is CNCc1c2c(nc3c(C)cc(Cl)cc13)CCCC2. The second-order valence-electron chi connectivity index (χ2n) is 5.37. The van der Waals surface area contributed by atoms with E-state index in [1.165, 1.54) is 40.6 Å². The van der Waals surface area contributed by atoms with E-state index in [2.05, 4.69) is 18.3 Å². The van der Waals surface area contributed by atoms with Crippen LogP contribution in [-0.2, 0) is 19.4 Å². The average Bonchev–Trinajstić information content (AvgIpc) is 2.40. The van der Waals surface area contributed by atoms with Gasteiger partial charge in [0.05, 0.1) is 5.52 Å². The summed E-state index contributed by atoms with van der Waals surface area (Å²) in [6.07, 6.45) is 4.80. The number of fused-ring (bicyclic) bond motifs is 2. The number of aromatic nitrogens is 1. The van der Waals surface area contributed by atoms with E-state index in [1.807, 2.05) is 13.1 Å². The summed E-state index contributed by atoms with van der Waals surface area (Å²) in [4.78, 5) is 4.91. The highest BCUT2D eigenvalue weighted by atomic mass is 35.5. The van der Waals surface area contributed by atoms with Gasteiger partial charge in [0.15, 0.2) is 0 Å². The van der Waals surface area contributed by atoms with Crippen LogP contribution in [0, 0.1) is 6.92 Å². The number of hydrogen-bond donors (Lipinski definition) is 1. The Hall–Kier alpha value is -1.12. The quantitative estimate of drug-likeness (QED) is 0.901. The van der Waals surface area contributed by atoms with Crippen LogP contribution in [0.4, 0.5) is 0 Å². The minimum Gasteiger partial charge on any atom is -0.316 e. The van der Waals surface area contributed by atoms with Gasteiger partial charge in [-0.3, -0.25) is 4.98 Å². The van der Waals surface area contributed by atoms with Crippen molar-refractivity contribution in [3.05, 3.63) is 39.5 Å². The van der Waals surface area contributed by atoms with Crippen molar-refractivity contribution >= 4 is 22.5 Å². The van der Waals surface area contributed by atoms with E-state index < -0.39 is 0 Å². The molecule has 0 radical (unpaired) electrons. The first kappa shape index (κ1) is 12.9. The summed E-state index contributed by atoms with van der Waals surface area (Å²) in [5, 5.41) is 5.32. The molecule has 19 heavy (non-hydrogen) atoms. The minimum absolute atomic E-state index is 0.805. The van der Waals surface area contributed by atoms with Crippen molar-refractivity contribution in [2.24, 2.45) is 0 Å². The largest absolute Gasteiger partial charge is 0.316 e. The Morgan fingerprint density at radius 1 is 1.26 bits per heavy atom. The third-order valence-electron chi connectivity index (χ3n) is 3.99. The van der Waals surface area contributed by atoms with E-state index in [9.17, 15) is 0 Å². The molecule has 0 atom stereocenters. The molecule has 1 aromatic carbocycles. The normalized spacial score (nSPS) is 14.7. The number of aryl methyl sites for hydroxylation is 2. The van der Waals surface area contributed by atoms with Crippen molar-refractivity contribution in [3.8, 4) is 0 Å². The van der Waals surface area contributed by atoms with E-state index in [-0.39, 0.29) is 0 Å². The molecule has 2 aromatic rings. The predicted molar refractivity (Wildman–Crippen MR) is 80.9 cm³/mol. The Kier molecular flexibility index (Phi) is 3.46. The summed E-state index contributed by atoms with van der Waals surface area (Å²) in [5.74, 6) is 0. The first-order chi connectivity index (χ1) is 9.20. The zero-order valence-corrected chi connectivity index (χ0v) is 12.3. The number of hydrogen-bond acceptors (Lipinski definition) is 2. The molecule has 100 valence electrons. The van der Waals surface area contributed by atoms with Gasteiger partial charge in [-0.25, -0.2) is 0 Å². The maximum absolute atomic E-state index is 6.23. The highest BCUT2D eigenvalue weighted by Gasteiger charge is 2.18. The van der Waals surface area contributed by atoms with E-state index >= 15 is 0 Å². The lowest BCUT2D eigenvalue weighted by molar-refractivity contribution is 0.659. The fourth-order valence-electron chi connectivity index (χ4n) is 3.13. The molecular weight excluding hydrogens is 256 g/mol. The topological polar surface area (TPSA) is 24.9 Å². The Bertz CT molecular complexity index is 634. The van der Waals surface area contributed by atoms with Crippen molar-refractivity contribution < 1.29 is 0 Å². The van der Waals surface area contributed by atoms with E-state index in [1.54, 1.807) is 0 Å². The Labute approximate surface area is 119 Å². The number of halogens is 1. The summed E-state index contributed by atoms with van der Waals surface area (Å²) < 4.78 is 0. The fourth-order valence-corrected chi connectivity index (χ4v) is 3.40. The lowest BCUT2D eigenvalue weighted by Crippen LogP contribution is -2.15. The molecule has 0 saturated carbocycles. The molecule has 0 amide bonds. The summed E-state index contributed by atoms with van der Waals surface area (Å²) in [7, 11) is 2.00. The van der Waals surface area contributed by atoms with Crippen LogP contribution in [0.1, 0.15) is 35.2 Å². The molecule has 0 bridgehead atoms. The van der Waals surface area contributed by atoms with Gasteiger partial charge in [-0.05, 0) is 68.5 Å². The average molecular weight is 275 g/mol. The lowest BCUT2D eigenvalue weighted by atomic mass is 9.89. The van der Waals surface area contributed by atoms with E-state index in [0.717, 1.165) is 29.9 Å². The molecule has 3 heteroatoms. The summed E-state index contributed by atoms with van der Waals surface area (Å²) in [6, 6.07) is 4.08. The highest BCUT2D eigenvalue weighted by molar-refractivity contribution is 6.31. The Morgan fingerprint density at radius 3 is 2.84 bits per heavy atom. The maximum Gasteiger partial charge on any atom is 0.0738 e. The fraction of sp³-hybridized carbons (Fsp3) is 0.438. The van der Waals surface area contributed by atoms with Crippen molar-refractivity contribution in [2.45, 2.75) is 39.2 Å². The molecular formula is C16H19ClN2. The van der Waals surface area contributed by atoms with Gasteiger partial charge in [0, 0.05) is 22.6 Å². The molecule has 2 nitrogen and oxygen atoms in total. The monoisotopic (exact) mass is 274 g/mol. The molecule has 1 N–H and O–H groups in total. The zero-order chi connectivity index (χ0) is 13.4. The molecule has 0 saturated heterocycles. The van der Waals surface area contributed by atoms with Gasteiger partial charge in [-0.2, -0.15) is 0 Å². The molecule has 3 rings (SSSR count). The van der Waals surface area contributed by atoms with Crippen LogP contribution in [-0.4, -0.2) is 12.0 Å². The van der Waals surface area contributed by atoms with Crippen molar-refractivity contribution in [1.29, 1.82) is 0 Å². The van der Waals surface area contributed by atoms with Crippen molar-refractivity contribution in [2.75, 3.05) is 7.05 Å². The van der Waals surface area contributed by atoms with E-state index in [0.29, 0.717) is 0 Å². The maximum atomic E-state index is 6.23. The molecule has 1 aliphatic carbocycles. The summed E-state index contributed by atoms with van der Waals surface area (Å²) in [5.41, 5.74) is 6.44. The second kappa shape index (κ2) is 5.10. The van der Waals surface area contributed by atoms with Gasteiger partial charge in [-0.15, -0.1) is 0 Å². The third-order valence-corrected chi connectivity index (χ3v) is 4.21. The highest BCUT2D eigenvalue weighted by Crippen LogP contribution is 2.32. The molecule has 1 heterocycles. The van der Waals surface area contributed by atoms with Gasteiger partial charge < -0.3 is 5.32 Å². The predicted octanol–water partition coefficient (Wildman–Crippen LogP) is 3.79. The van der Waals surface area contributed by atoms with Gasteiger partial charge in [0.1, 0.15) is 0 Å². The first-order valence-electron chi connectivity index (χ1n) is 6.96. The molecule has 1 aliphatic rings. The van der Waals surface area contributed by atoms with E-state index in [4.69, 9.17) is 16.6 Å². The number of rotatable bonds is 2. The molecule has 0 aliphatic heterocycles. The molecule has 1 aromatic heterocycles. The zero-order valence-electron chi connectivity index (χ0n) is 11.5. The van der Waals surface area contributed by atoms with Crippen LogP contribution in [0.15, 0.2) is 12.1 Å². The number of nitrogens with one attached hydrogen (secondary N) is 1. The van der Waals surface area contributed by atoms with Gasteiger partial charge in [-0.1, -0.05) is 11.6 Å². The molecule has 0 unspecified atom stereocenters. The van der Waals surface area contributed by atoms with Crippen LogP contribution >= 0.6 is 11.6 Å². The third kappa shape index (κ3) is 2.24. The summed E-state index contributed by atoms with van der Waals surface area (Å²) >= 11 is 6.23. The van der Waals surface area contributed by atoms with Crippen molar-refractivity contribution in [1.82, 2.24) is 10.3 Å². The lowest BCUT2D eigenvalue weighted by Gasteiger charge is -2.21. The Balaban J connectivity index is 2.35. The van der Waals surface area contributed by atoms with Gasteiger partial charge in [0.25, 0.3) is 0 Å². The number of pyridine rings is 1. The smallest absolute Gasteiger partial charge is 0.0738 e. The van der Waals surface area contributed by atoms with Crippen LogP contribution in [0.25, 0.3) is 10.9 Å². The van der Waals surface area contributed by atoms with Gasteiger partial charge >= 0.3 is 0 Å². The Morgan fingerprint density at radius 2 is 2.05 bits per heavy atom. The van der Waals surface area contributed by atoms with Crippen LogP contribution in [0.5, 0.6) is 0 Å². The second-order valence-corrected chi connectivity index (χ2v) is 5.81. The van der Waals surface area contributed by atoms with Crippen LogP contribution in [0.2, 0.25) is 5.02 Å². The number of benzene rings is 1.